The number of hydrogen-bond donors (Lipinski definition) is 3. The van der Waals surface area contributed by atoms with Crippen LogP contribution in [0.3, 0.4) is 0 Å². The first-order valence-electron chi connectivity index (χ1n) is 5.67. The fourth-order valence-corrected chi connectivity index (χ4v) is 2.79. The molecule has 1 aromatic heterocycles. The Kier molecular flexibility index (Phi) is 5.06. The van der Waals surface area contributed by atoms with Crippen LogP contribution in [0.4, 0.5) is 0 Å². The van der Waals surface area contributed by atoms with Gasteiger partial charge in [0.1, 0.15) is 0 Å². The van der Waals surface area contributed by atoms with Crippen molar-refractivity contribution in [1.29, 1.82) is 0 Å². The second-order valence-electron chi connectivity index (χ2n) is 4.52. The monoisotopic (exact) mass is 274 g/mol. The molecule has 0 saturated carbocycles. The zero-order valence-corrected chi connectivity index (χ0v) is 11.2. The molecule has 1 aromatic rings. The lowest BCUT2D eigenvalue weighted by Gasteiger charge is -2.18. The third-order valence-electron chi connectivity index (χ3n) is 2.36. The summed E-state index contributed by atoms with van der Waals surface area (Å²) in [6.07, 6.45) is 1.67. The summed E-state index contributed by atoms with van der Waals surface area (Å²) < 4.78 is 26.3. The van der Waals surface area contributed by atoms with Crippen molar-refractivity contribution in [2.75, 3.05) is 6.61 Å². The van der Waals surface area contributed by atoms with Gasteiger partial charge in [-0.1, -0.05) is 13.8 Å². The highest BCUT2D eigenvalue weighted by Crippen LogP contribution is 2.09. The van der Waals surface area contributed by atoms with E-state index in [1.54, 1.807) is 0 Å². The molecule has 0 radical (unpaired) electrons. The van der Waals surface area contributed by atoms with Crippen LogP contribution in [0.25, 0.3) is 0 Å². The maximum absolute atomic E-state index is 12.0. The minimum absolute atomic E-state index is 0.0238. The summed E-state index contributed by atoms with van der Waals surface area (Å²) >= 11 is 0. The van der Waals surface area contributed by atoms with Crippen LogP contribution in [0.15, 0.2) is 28.0 Å². The van der Waals surface area contributed by atoms with Crippen LogP contribution in [-0.2, 0) is 10.0 Å². The molecule has 0 aliphatic rings. The van der Waals surface area contributed by atoms with E-state index < -0.39 is 16.1 Å². The summed E-state index contributed by atoms with van der Waals surface area (Å²) in [6.45, 7) is 3.62. The highest BCUT2D eigenvalue weighted by molar-refractivity contribution is 7.89. The Morgan fingerprint density at radius 1 is 1.39 bits per heavy atom. The third kappa shape index (κ3) is 4.25. The Hall–Kier alpha value is -1.18. The number of H-pyrrole nitrogens is 1. The largest absolute Gasteiger partial charge is 0.395 e. The van der Waals surface area contributed by atoms with Crippen molar-refractivity contribution < 1.29 is 13.5 Å². The van der Waals surface area contributed by atoms with Crippen molar-refractivity contribution in [1.82, 2.24) is 9.71 Å². The first-order valence-corrected chi connectivity index (χ1v) is 7.15. The summed E-state index contributed by atoms with van der Waals surface area (Å²) in [6, 6.07) is 1.84. The number of sulfonamides is 1. The van der Waals surface area contributed by atoms with Crippen LogP contribution in [0, 0.1) is 5.92 Å². The van der Waals surface area contributed by atoms with Gasteiger partial charge in [0.25, 0.3) is 0 Å². The minimum Gasteiger partial charge on any atom is -0.395 e. The van der Waals surface area contributed by atoms with E-state index in [4.69, 9.17) is 5.11 Å². The maximum Gasteiger partial charge on any atom is 0.247 e. The summed E-state index contributed by atoms with van der Waals surface area (Å²) in [5.41, 5.74) is -0.366. The van der Waals surface area contributed by atoms with Gasteiger partial charge in [-0.15, -0.1) is 0 Å². The molecular weight excluding hydrogens is 256 g/mol. The molecule has 0 aliphatic carbocycles. The van der Waals surface area contributed by atoms with E-state index in [1.165, 1.54) is 6.07 Å². The summed E-state index contributed by atoms with van der Waals surface area (Å²) in [5, 5.41) is 9.14. The molecule has 0 bridgehead atoms. The highest BCUT2D eigenvalue weighted by Gasteiger charge is 2.20. The molecule has 1 rings (SSSR count). The van der Waals surface area contributed by atoms with Crippen molar-refractivity contribution in [2.45, 2.75) is 31.2 Å². The van der Waals surface area contributed by atoms with Gasteiger partial charge in [0.15, 0.2) is 0 Å². The Bertz CT molecular complexity index is 516. The molecule has 0 amide bonds. The zero-order valence-electron chi connectivity index (χ0n) is 10.4. The molecule has 1 heterocycles. The van der Waals surface area contributed by atoms with Crippen LogP contribution >= 0.6 is 0 Å². The standard InChI is InChI=1S/C11H18N2O4S/c1-8(2)5-9(7-14)13-18(16,17)10-3-4-11(15)12-6-10/h3-4,6,8-9,13-14H,5,7H2,1-2H3,(H,12,15). The van der Waals surface area contributed by atoms with Gasteiger partial charge in [-0.3, -0.25) is 4.79 Å². The van der Waals surface area contributed by atoms with Crippen LogP contribution in [0.2, 0.25) is 0 Å². The Morgan fingerprint density at radius 3 is 2.50 bits per heavy atom. The smallest absolute Gasteiger partial charge is 0.247 e. The number of aromatic nitrogens is 1. The summed E-state index contributed by atoms with van der Waals surface area (Å²) in [4.78, 5) is 13.1. The van der Waals surface area contributed by atoms with E-state index in [9.17, 15) is 13.2 Å². The van der Waals surface area contributed by atoms with Crippen LogP contribution in [0.5, 0.6) is 0 Å². The van der Waals surface area contributed by atoms with E-state index >= 15 is 0 Å². The molecule has 1 atom stereocenters. The lowest BCUT2D eigenvalue weighted by Crippen LogP contribution is -2.38. The third-order valence-corrected chi connectivity index (χ3v) is 3.88. The van der Waals surface area contributed by atoms with E-state index in [0.29, 0.717) is 6.42 Å². The Morgan fingerprint density at radius 2 is 2.06 bits per heavy atom. The quantitative estimate of drug-likeness (QED) is 0.683. The molecule has 0 aliphatic heterocycles. The maximum atomic E-state index is 12.0. The number of nitrogens with one attached hydrogen (secondary N) is 2. The fourth-order valence-electron chi connectivity index (χ4n) is 1.58. The van der Waals surface area contributed by atoms with Gasteiger partial charge in [0.05, 0.1) is 11.5 Å². The molecule has 0 spiro atoms. The molecule has 1 unspecified atom stereocenters. The second kappa shape index (κ2) is 6.12. The van der Waals surface area contributed by atoms with E-state index in [1.807, 2.05) is 13.8 Å². The first-order chi connectivity index (χ1) is 8.35. The van der Waals surface area contributed by atoms with Gasteiger partial charge >= 0.3 is 0 Å². The molecule has 102 valence electrons. The highest BCUT2D eigenvalue weighted by atomic mass is 32.2. The van der Waals surface area contributed by atoms with Crippen molar-refractivity contribution in [3.8, 4) is 0 Å². The number of aliphatic hydroxyl groups excluding tert-OH is 1. The summed E-state index contributed by atoms with van der Waals surface area (Å²) in [5.74, 6) is 0.264. The number of hydrogen-bond acceptors (Lipinski definition) is 4. The molecule has 7 heteroatoms. The molecular formula is C11H18N2O4S. The van der Waals surface area contributed by atoms with Crippen molar-refractivity contribution in [3.05, 3.63) is 28.7 Å². The fraction of sp³-hybridized carbons (Fsp3) is 0.545. The SMILES string of the molecule is CC(C)CC(CO)NS(=O)(=O)c1ccc(=O)[nH]c1. The van der Waals surface area contributed by atoms with E-state index in [0.717, 1.165) is 12.3 Å². The van der Waals surface area contributed by atoms with Gasteiger partial charge in [-0.05, 0) is 18.4 Å². The topological polar surface area (TPSA) is 99.3 Å². The van der Waals surface area contributed by atoms with Gasteiger partial charge in [0, 0.05) is 18.3 Å². The van der Waals surface area contributed by atoms with Crippen LogP contribution < -0.4 is 10.3 Å². The predicted molar refractivity (Wildman–Crippen MR) is 67.7 cm³/mol. The first kappa shape index (κ1) is 14.9. The predicted octanol–water partition coefficient (Wildman–Crippen LogP) is 0.0602. The number of rotatable bonds is 6. The van der Waals surface area contributed by atoms with Crippen molar-refractivity contribution >= 4 is 10.0 Å². The molecule has 3 N–H and O–H groups in total. The van der Waals surface area contributed by atoms with Gasteiger partial charge in [-0.25, -0.2) is 13.1 Å². The normalized spacial score (nSPS) is 13.8. The number of aromatic amines is 1. The number of aliphatic hydroxyl groups is 1. The lowest BCUT2D eigenvalue weighted by atomic mass is 10.1. The van der Waals surface area contributed by atoms with Gasteiger partial charge < -0.3 is 10.1 Å². The average Bonchev–Trinajstić information content (AvgIpc) is 2.27. The molecule has 18 heavy (non-hydrogen) atoms. The van der Waals surface area contributed by atoms with Gasteiger partial charge in [-0.2, -0.15) is 0 Å². The van der Waals surface area contributed by atoms with E-state index in [2.05, 4.69) is 9.71 Å². The molecule has 0 aromatic carbocycles. The minimum atomic E-state index is -3.71. The Balaban J connectivity index is 2.86. The molecule has 0 fully saturated rings. The van der Waals surface area contributed by atoms with Crippen LogP contribution in [0.1, 0.15) is 20.3 Å². The second-order valence-corrected chi connectivity index (χ2v) is 6.23. The summed E-state index contributed by atoms with van der Waals surface area (Å²) in [7, 11) is -3.71. The van der Waals surface area contributed by atoms with Gasteiger partial charge in [0.2, 0.25) is 15.6 Å². The van der Waals surface area contributed by atoms with Crippen molar-refractivity contribution in [3.63, 3.8) is 0 Å². The number of pyridine rings is 1. The Labute approximate surface area is 106 Å². The van der Waals surface area contributed by atoms with Crippen molar-refractivity contribution in [2.24, 2.45) is 5.92 Å². The zero-order chi connectivity index (χ0) is 13.8. The lowest BCUT2D eigenvalue weighted by molar-refractivity contribution is 0.240. The average molecular weight is 274 g/mol. The van der Waals surface area contributed by atoms with E-state index in [-0.39, 0.29) is 23.0 Å². The molecule has 0 saturated heterocycles. The molecule has 6 nitrogen and oxygen atoms in total. The van der Waals surface area contributed by atoms with Crippen LogP contribution in [-0.4, -0.2) is 31.2 Å².